The summed E-state index contributed by atoms with van der Waals surface area (Å²) in [6, 6.07) is 16.0. The summed E-state index contributed by atoms with van der Waals surface area (Å²) in [6.07, 6.45) is 1.57. The molecule has 5 rings (SSSR count). The van der Waals surface area contributed by atoms with E-state index in [1.165, 1.54) is 10.6 Å². The molecular formula is C29H25N3O7S. The standard InChI is InChI=1S/C29H25N3O7S/c1-4-37-19-12-10-18(11-13-19)26-25(28(34)38-5-2)17(3)30-29-31(26)27(33)24(40-29)16-20-14-15-23(39-20)21-8-6-7-9-22(21)32(35)36/h6-16,26H,4-5H2,1-3H3/b24-16-/t26-/m0/s1. The van der Waals surface area contributed by atoms with Gasteiger partial charge in [-0.2, -0.15) is 0 Å². The van der Waals surface area contributed by atoms with Crippen LogP contribution in [0.25, 0.3) is 17.4 Å². The molecule has 1 aliphatic rings. The molecule has 0 radical (unpaired) electrons. The van der Waals surface area contributed by atoms with E-state index in [4.69, 9.17) is 13.9 Å². The monoisotopic (exact) mass is 559 g/mol. The Kier molecular flexibility index (Phi) is 7.47. The van der Waals surface area contributed by atoms with E-state index in [1.807, 2.05) is 19.1 Å². The zero-order valence-electron chi connectivity index (χ0n) is 22.0. The maximum absolute atomic E-state index is 13.8. The van der Waals surface area contributed by atoms with Gasteiger partial charge in [0.25, 0.3) is 11.2 Å². The molecule has 0 fully saturated rings. The van der Waals surface area contributed by atoms with Gasteiger partial charge in [0.1, 0.15) is 17.3 Å². The summed E-state index contributed by atoms with van der Waals surface area (Å²) in [6.45, 7) is 6.01. The number of carbonyl (C=O) groups is 1. The molecule has 2 aromatic carbocycles. The molecule has 0 bridgehead atoms. The first-order valence-electron chi connectivity index (χ1n) is 12.6. The maximum atomic E-state index is 13.8. The predicted octanol–water partition coefficient (Wildman–Crippen LogP) is 4.37. The van der Waals surface area contributed by atoms with E-state index in [1.54, 1.807) is 62.4 Å². The van der Waals surface area contributed by atoms with Crippen LogP contribution in [0.5, 0.6) is 5.75 Å². The van der Waals surface area contributed by atoms with E-state index in [9.17, 15) is 19.7 Å². The molecule has 4 aromatic rings. The van der Waals surface area contributed by atoms with Gasteiger partial charge in [-0.25, -0.2) is 9.79 Å². The highest BCUT2D eigenvalue weighted by Crippen LogP contribution is 2.32. The summed E-state index contributed by atoms with van der Waals surface area (Å²) in [5, 5.41) is 11.5. The van der Waals surface area contributed by atoms with Gasteiger partial charge in [0.15, 0.2) is 4.80 Å². The van der Waals surface area contributed by atoms with Crippen LogP contribution in [0.3, 0.4) is 0 Å². The van der Waals surface area contributed by atoms with Crippen molar-refractivity contribution < 1.29 is 23.6 Å². The molecule has 3 heterocycles. The van der Waals surface area contributed by atoms with Crippen LogP contribution in [0.15, 0.2) is 86.1 Å². The molecule has 0 saturated carbocycles. The van der Waals surface area contributed by atoms with Crippen LogP contribution in [-0.4, -0.2) is 28.7 Å². The Labute approximate surface area is 232 Å². The Bertz CT molecular complexity index is 1810. The second kappa shape index (κ2) is 11.1. The van der Waals surface area contributed by atoms with Crippen molar-refractivity contribution >= 4 is 29.1 Å². The van der Waals surface area contributed by atoms with Crippen molar-refractivity contribution in [2.75, 3.05) is 13.2 Å². The number of fused-ring (bicyclic) bond motifs is 1. The molecule has 0 saturated heterocycles. The smallest absolute Gasteiger partial charge is 0.338 e. The Morgan fingerprint density at radius 1 is 1.12 bits per heavy atom. The van der Waals surface area contributed by atoms with E-state index in [0.717, 1.165) is 11.3 Å². The van der Waals surface area contributed by atoms with Crippen LogP contribution >= 0.6 is 11.3 Å². The number of nitro benzene ring substituents is 1. The van der Waals surface area contributed by atoms with Crippen LogP contribution in [0.1, 0.15) is 38.1 Å². The number of benzene rings is 2. The highest BCUT2D eigenvalue weighted by molar-refractivity contribution is 7.07. The van der Waals surface area contributed by atoms with Crippen LogP contribution < -0.4 is 19.6 Å². The molecule has 0 aliphatic carbocycles. The Hall–Kier alpha value is -4.77. The van der Waals surface area contributed by atoms with Crippen molar-refractivity contribution in [3.05, 3.63) is 113 Å². The predicted molar refractivity (Wildman–Crippen MR) is 149 cm³/mol. The number of nitrogens with zero attached hydrogens (tertiary/aromatic N) is 3. The average molecular weight is 560 g/mol. The number of hydrogen-bond acceptors (Lipinski definition) is 9. The van der Waals surface area contributed by atoms with Crippen molar-refractivity contribution in [1.82, 2.24) is 4.57 Å². The lowest BCUT2D eigenvalue weighted by Crippen LogP contribution is -2.39. The Morgan fingerprint density at radius 3 is 2.58 bits per heavy atom. The van der Waals surface area contributed by atoms with Gasteiger partial charge >= 0.3 is 5.97 Å². The van der Waals surface area contributed by atoms with Gasteiger partial charge in [-0.05, 0) is 56.7 Å². The number of carbonyl (C=O) groups excluding carboxylic acids is 1. The zero-order chi connectivity index (χ0) is 28.4. The first-order chi connectivity index (χ1) is 19.3. The van der Waals surface area contributed by atoms with Crippen molar-refractivity contribution in [3.63, 3.8) is 0 Å². The fourth-order valence-electron chi connectivity index (χ4n) is 4.57. The van der Waals surface area contributed by atoms with Crippen LogP contribution in [0.4, 0.5) is 5.69 Å². The van der Waals surface area contributed by atoms with E-state index in [0.29, 0.717) is 50.0 Å². The summed E-state index contributed by atoms with van der Waals surface area (Å²) >= 11 is 1.16. The van der Waals surface area contributed by atoms with Gasteiger partial charge in [0, 0.05) is 12.1 Å². The maximum Gasteiger partial charge on any atom is 0.338 e. The minimum atomic E-state index is -0.757. The lowest BCUT2D eigenvalue weighted by Gasteiger charge is -2.24. The summed E-state index contributed by atoms with van der Waals surface area (Å²) in [5.41, 5.74) is 1.33. The van der Waals surface area contributed by atoms with Crippen LogP contribution in [0.2, 0.25) is 0 Å². The van der Waals surface area contributed by atoms with Crippen molar-refractivity contribution in [2.45, 2.75) is 26.8 Å². The number of thiazole rings is 1. The largest absolute Gasteiger partial charge is 0.494 e. The molecule has 0 unspecified atom stereocenters. The van der Waals surface area contributed by atoms with Gasteiger partial charge < -0.3 is 13.9 Å². The lowest BCUT2D eigenvalue weighted by atomic mass is 9.96. The molecule has 40 heavy (non-hydrogen) atoms. The molecule has 1 atom stereocenters. The Morgan fingerprint density at radius 2 is 1.88 bits per heavy atom. The molecule has 0 spiro atoms. The number of para-hydroxylation sites is 1. The highest BCUT2D eigenvalue weighted by Gasteiger charge is 2.33. The molecular weight excluding hydrogens is 534 g/mol. The average Bonchev–Trinajstić information content (AvgIpc) is 3.53. The first-order valence-corrected chi connectivity index (χ1v) is 13.4. The van der Waals surface area contributed by atoms with Crippen molar-refractivity contribution in [1.29, 1.82) is 0 Å². The number of hydrogen-bond donors (Lipinski definition) is 0. The summed E-state index contributed by atoms with van der Waals surface area (Å²) in [7, 11) is 0. The molecule has 0 amide bonds. The minimum Gasteiger partial charge on any atom is -0.494 e. The molecule has 0 N–H and O–H groups in total. The van der Waals surface area contributed by atoms with E-state index >= 15 is 0 Å². The summed E-state index contributed by atoms with van der Waals surface area (Å²) in [4.78, 5) is 42.8. The lowest BCUT2D eigenvalue weighted by molar-refractivity contribution is -0.384. The van der Waals surface area contributed by atoms with Gasteiger partial charge in [0.2, 0.25) is 0 Å². The van der Waals surface area contributed by atoms with E-state index in [-0.39, 0.29) is 23.4 Å². The molecule has 10 nitrogen and oxygen atoms in total. The number of aromatic nitrogens is 1. The fourth-order valence-corrected chi connectivity index (χ4v) is 5.59. The van der Waals surface area contributed by atoms with Gasteiger partial charge in [-0.15, -0.1) is 0 Å². The highest BCUT2D eigenvalue weighted by atomic mass is 32.1. The SMILES string of the molecule is CCOC(=O)C1=C(C)N=c2s/c(=C\c3ccc(-c4ccccc4[N+](=O)[O-])o3)c(=O)n2[C@H]1c1ccc(OCC)cc1. The number of rotatable bonds is 8. The van der Waals surface area contributed by atoms with Gasteiger partial charge in [0.05, 0.1) is 45.5 Å². The molecule has 1 aliphatic heterocycles. The summed E-state index contributed by atoms with van der Waals surface area (Å²) in [5.74, 6) is 0.776. The third-order valence-electron chi connectivity index (χ3n) is 6.29. The number of nitro groups is 1. The van der Waals surface area contributed by atoms with E-state index in [2.05, 4.69) is 4.99 Å². The number of esters is 1. The third kappa shape index (κ3) is 4.98. The number of furan rings is 1. The zero-order valence-corrected chi connectivity index (χ0v) is 22.8. The Balaban J connectivity index is 1.62. The third-order valence-corrected chi connectivity index (χ3v) is 7.27. The second-order valence-corrected chi connectivity index (χ2v) is 9.79. The minimum absolute atomic E-state index is 0.0832. The van der Waals surface area contributed by atoms with Crippen LogP contribution in [-0.2, 0) is 9.53 Å². The second-order valence-electron chi connectivity index (χ2n) is 8.78. The quantitative estimate of drug-likeness (QED) is 0.178. The van der Waals surface area contributed by atoms with Crippen molar-refractivity contribution in [2.24, 2.45) is 4.99 Å². The van der Waals surface area contributed by atoms with E-state index < -0.39 is 16.9 Å². The topological polar surface area (TPSA) is 126 Å². The molecule has 2 aromatic heterocycles. The fraction of sp³-hybridized carbons (Fsp3) is 0.207. The van der Waals surface area contributed by atoms with Crippen molar-refractivity contribution in [3.8, 4) is 17.1 Å². The first kappa shape index (κ1) is 26.8. The number of ether oxygens (including phenoxy) is 2. The number of allylic oxidation sites excluding steroid dienone is 1. The summed E-state index contributed by atoms with van der Waals surface area (Å²) < 4.78 is 18.6. The van der Waals surface area contributed by atoms with Gasteiger partial charge in [-0.1, -0.05) is 35.6 Å². The molecule has 11 heteroatoms. The van der Waals surface area contributed by atoms with Crippen LogP contribution in [0, 0.1) is 10.1 Å². The van der Waals surface area contributed by atoms with Gasteiger partial charge in [-0.3, -0.25) is 19.5 Å². The molecule has 204 valence electrons. The normalized spacial score (nSPS) is 15.0.